The zero-order chi connectivity index (χ0) is 18.1. The van der Waals surface area contributed by atoms with Gasteiger partial charge in [-0.2, -0.15) is 0 Å². The minimum absolute atomic E-state index is 0.282. The van der Waals surface area contributed by atoms with Gasteiger partial charge in [0.05, 0.1) is 5.69 Å². The van der Waals surface area contributed by atoms with Gasteiger partial charge >= 0.3 is 0 Å². The number of imidazole rings is 1. The first-order valence-corrected chi connectivity index (χ1v) is 8.15. The number of benzene rings is 2. The van der Waals surface area contributed by atoms with Gasteiger partial charge in [0.15, 0.2) is 5.82 Å². The number of rotatable bonds is 1. The van der Waals surface area contributed by atoms with E-state index >= 15 is 0 Å². The highest BCUT2D eigenvalue weighted by molar-refractivity contribution is 5.81. The second kappa shape index (κ2) is 6.41. The molecule has 2 aromatic carbocycles. The largest absolute Gasteiger partial charge is 0.327 e. The average Bonchev–Trinajstić information content (AvgIpc) is 3.02. The van der Waals surface area contributed by atoms with Crippen LogP contribution >= 0.6 is 0 Å². The molecule has 4 rings (SSSR count). The Morgan fingerprint density at radius 2 is 1.73 bits per heavy atom. The Morgan fingerprint density at radius 1 is 0.923 bits per heavy atom. The molecular weight excluding hydrogens is 327 g/mol. The maximum absolute atomic E-state index is 14.0. The van der Waals surface area contributed by atoms with Crippen LogP contribution in [0.2, 0.25) is 0 Å². The summed E-state index contributed by atoms with van der Waals surface area (Å²) in [6, 6.07) is 14.7. The maximum atomic E-state index is 14.0. The highest BCUT2D eigenvalue weighted by Crippen LogP contribution is 2.19. The Labute approximate surface area is 150 Å². The minimum Gasteiger partial charge on any atom is -0.327 e. The first kappa shape index (κ1) is 16.0. The van der Waals surface area contributed by atoms with Crippen molar-refractivity contribution >= 4 is 10.9 Å². The summed E-state index contributed by atoms with van der Waals surface area (Å²) in [5.74, 6) is 6.39. The Balaban J connectivity index is 1.74. The van der Waals surface area contributed by atoms with E-state index in [1.54, 1.807) is 12.1 Å². The summed E-state index contributed by atoms with van der Waals surface area (Å²) in [5, 5.41) is 0.693. The van der Waals surface area contributed by atoms with Crippen molar-refractivity contribution in [3.63, 3.8) is 0 Å². The van der Waals surface area contributed by atoms with Gasteiger partial charge in [-0.25, -0.2) is 19.3 Å². The molecule has 0 aliphatic rings. The van der Waals surface area contributed by atoms with Crippen molar-refractivity contribution in [2.45, 2.75) is 6.92 Å². The Kier molecular flexibility index (Phi) is 3.94. The van der Waals surface area contributed by atoms with Gasteiger partial charge in [0.25, 0.3) is 0 Å². The Hall–Kier alpha value is -3.52. The van der Waals surface area contributed by atoms with Crippen molar-refractivity contribution in [1.29, 1.82) is 0 Å². The maximum Gasteiger partial charge on any atom is 0.206 e. The molecule has 2 aromatic heterocycles. The van der Waals surface area contributed by atoms with Crippen LogP contribution in [0.5, 0.6) is 0 Å². The van der Waals surface area contributed by atoms with Crippen LogP contribution in [0.4, 0.5) is 4.39 Å². The molecular formula is C21H15FN4. The van der Waals surface area contributed by atoms with Gasteiger partial charge in [0, 0.05) is 29.9 Å². The molecule has 26 heavy (non-hydrogen) atoms. The topological polar surface area (TPSA) is 43.6 Å². The van der Waals surface area contributed by atoms with Crippen molar-refractivity contribution < 1.29 is 4.39 Å². The summed E-state index contributed by atoms with van der Waals surface area (Å²) in [6.45, 7) is 1.82. The van der Waals surface area contributed by atoms with Gasteiger partial charge in [0.2, 0.25) is 5.82 Å². The summed E-state index contributed by atoms with van der Waals surface area (Å²) in [5.41, 5.74) is 2.85. The fourth-order valence-electron chi connectivity index (χ4n) is 2.77. The summed E-state index contributed by atoms with van der Waals surface area (Å²) < 4.78 is 15.9. The van der Waals surface area contributed by atoms with Gasteiger partial charge < -0.3 is 4.57 Å². The average molecular weight is 342 g/mol. The fraction of sp³-hybridized carbons (Fsp3) is 0.0952. The van der Waals surface area contributed by atoms with Crippen LogP contribution in [0.15, 0.2) is 54.7 Å². The first-order chi connectivity index (χ1) is 12.6. The van der Waals surface area contributed by atoms with Gasteiger partial charge in [-0.1, -0.05) is 42.5 Å². The Morgan fingerprint density at radius 3 is 2.54 bits per heavy atom. The number of nitrogens with zero attached hydrogens (tertiary/aromatic N) is 4. The molecule has 0 aliphatic carbocycles. The third-order valence-corrected chi connectivity index (χ3v) is 4.10. The molecule has 2 heterocycles. The Bertz CT molecular complexity index is 1170. The lowest BCUT2D eigenvalue weighted by molar-refractivity contribution is 0.636. The lowest BCUT2D eigenvalue weighted by atomic mass is 10.2. The predicted octanol–water partition coefficient (Wildman–Crippen LogP) is 3.88. The number of hydrogen-bond acceptors (Lipinski definition) is 3. The molecule has 4 aromatic rings. The van der Waals surface area contributed by atoms with E-state index in [1.807, 2.05) is 55.1 Å². The van der Waals surface area contributed by atoms with E-state index < -0.39 is 0 Å². The summed E-state index contributed by atoms with van der Waals surface area (Å²) in [7, 11) is 1.88. The molecule has 0 radical (unpaired) electrons. The van der Waals surface area contributed by atoms with Crippen molar-refractivity contribution in [2.24, 2.45) is 7.05 Å². The monoisotopic (exact) mass is 342 g/mol. The molecule has 0 amide bonds. The number of aryl methyl sites for hydroxylation is 2. The third kappa shape index (κ3) is 2.93. The molecule has 0 bridgehead atoms. The van der Waals surface area contributed by atoms with Crippen LogP contribution in [0.3, 0.4) is 0 Å². The third-order valence-electron chi connectivity index (χ3n) is 4.10. The quantitative estimate of drug-likeness (QED) is 0.493. The molecule has 0 saturated carbocycles. The zero-order valence-electron chi connectivity index (χ0n) is 14.4. The minimum atomic E-state index is -0.376. The van der Waals surface area contributed by atoms with E-state index in [-0.39, 0.29) is 17.2 Å². The number of para-hydroxylation sites is 1. The molecule has 0 N–H and O–H groups in total. The molecule has 0 atom stereocenters. The van der Waals surface area contributed by atoms with Crippen LogP contribution in [-0.4, -0.2) is 19.5 Å². The first-order valence-electron chi connectivity index (χ1n) is 8.15. The summed E-state index contributed by atoms with van der Waals surface area (Å²) in [4.78, 5) is 13.2. The van der Waals surface area contributed by atoms with Crippen LogP contribution in [-0.2, 0) is 7.05 Å². The lowest BCUT2D eigenvalue weighted by Crippen LogP contribution is -1.97. The van der Waals surface area contributed by atoms with E-state index in [9.17, 15) is 4.39 Å². The van der Waals surface area contributed by atoms with Crippen LogP contribution in [0.25, 0.3) is 22.2 Å². The highest BCUT2D eigenvalue weighted by Gasteiger charge is 2.08. The van der Waals surface area contributed by atoms with E-state index in [2.05, 4.69) is 26.8 Å². The molecule has 5 heteroatoms. The predicted molar refractivity (Wildman–Crippen MR) is 98.9 cm³/mol. The van der Waals surface area contributed by atoms with E-state index in [1.165, 1.54) is 6.07 Å². The fourth-order valence-corrected chi connectivity index (χ4v) is 2.77. The number of fused-ring (bicyclic) bond motifs is 1. The molecule has 126 valence electrons. The SMILES string of the molecule is Cc1nc(C#Cc2nc(-c3ccccc3)cn2C)nc2c(F)cccc12. The van der Waals surface area contributed by atoms with E-state index in [4.69, 9.17) is 0 Å². The second-order valence-electron chi connectivity index (χ2n) is 5.95. The zero-order valence-corrected chi connectivity index (χ0v) is 14.4. The van der Waals surface area contributed by atoms with E-state index in [0.29, 0.717) is 16.9 Å². The smallest absolute Gasteiger partial charge is 0.206 e. The summed E-state index contributed by atoms with van der Waals surface area (Å²) >= 11 is 0. The molecule has 0 unspecified atom stereocenters. The van der Waals surface area contributed by atoms with Gasteiger partial charge in [0.1, 0.15) is 11.3 Å². The number of hydrogen-bond donors (Lipinski definition) is 0. The number of aromatic nitrogens is 4. The molecule has 0 saturated heterocycles. The van der Waals surface area contributed by atoms with E-state index in [0.717, 1.165) is 11.3 Å². The van der Waals surface area contributed by atoms with Gasteiger partial charge in [-0.3, -0.25) is 0 Å². The molecule has 4 nitrogen and oxygen atoms in total. The molecule has 0 fully saturated rings. The second-order valence-corrected chi connectivity index (χ2v) is 5.95. The standard InChI is InChI=1S/C21H15FN4/c1-14-16-9-6-10-17(22)21(16)25-19(23-14)11-12-20-24-18(13-26(20)2)15-7-4-3-5-8-15/h3-10,13H,1-2H3. The van der Waals surface area contributed by atoms with Crippen LogP contribution in [0.1, 0.15) is 17.3 Å². The van der Waals surface area contributed by atoms with Crippen LogP contribution in [0, 0.1) is 24.6 Å². The highest BCUT2D eigenvalue weighted by atomic mass is 19.1. The van der Waals surface area contributed by atoms with Gasteiger partial charge in [-0.05, 0) is 24.8 Å². The number of halogens is 1. The normalized spacial score (nSPS) is 10.6. The lowest BCUT2D eigenvalue weighted by Gasteiger charge is -2.02. The summed E-state index contributed by atoms with van der Waals surface area (Å²) in [6.07, 6.45) is 1.92. The molecule has 0 spiro atoms. The molecule has 0 aliphatic heterocycles. The van der Waals surface area contributed by atoms with Gasteiger partial charge in [-0.15, -0.1) is 0 Å². The van der Waals surface area contributed by atoms with Crippen molar-refractivity contribution in [1.82, 2.24) is 19.5 Å². The van der Waals surface area contributed by atoms with Crippen molar-refractivity contribution in [2.75, 3.05) is 0 Å². The van der Waals surface area contributed by atoms with Crippen molar-refractivity contribution in [3.05, 3.63) is 77.9 Å². The van der Waals surface area contributed by atoms with Crippen LogP contribution < -0.4 is 0 Å². The van der Waals surface area contributed by atoms with Crippen molar-refractivity contribution in [3.8, 4) is 23.1 Å².